The molecule has 1 aliphatic heterocycles. The molecule has 0 amide bonds. The van der Waals surface area contributed by atoms with E-state index in [9.17, 15) is 14.7 Å². The Morgan fingerprint density at radius 3 is 2.89 bits per heavy atom. The van der Waals surface area contributed by atoms with Crippen LogP contribution in [0, 0.1) is 0 Å². The second kappa shape index (κ2) is 6.61. The minimum atomic E-state index is -1.67. The Bertz CT molecular complexity index is 1160. The van der Waals surface area contributed by atoms with E-state index in [0.717, 1.165) is 16.6 Å². The van der Waals surface area contributed by atoms with Gasteiger partial charge in [-0.25, -0.2) is 4.79 Å². The summed E-state index contributed by atoms with van der Waals surface area (Å²) in [4.78, 5) is 25.8. The van der Waals surface area contributed by atoms with Gasteiger partial charge in [0.1, 0.15) is 5.75 Å². The summed E-state index contributed by atoms with van der Waals surface area (Å²) in [5.74, 6) is -0.543. The molecule has 3 heterocycles. The molecule has 0 bridgehead atoms. The third-order valence-electron chi connectivity index (χ3n) is 4.92. The first kappa shape index (κ1) is 17.9. The van der Waals surface area contributed by atoms with E-state index in [1.807, 2.05) is 32.3 Å². The molecule has 0 radical (unpaired) electrons. The predicted molar refractivity (Wildman–Crippen MR) is 101 cm³/mol. The summed E-state index contributed by atoms with van der Waals surface area (Å²) in [7, 11) is 3.84. The number of fused-ring (bicyclic) bond motifs is 4. The van der Waals surface area contributed by atoms with Crippen LogP contribution in [0.15, 0.2) is 23.0 Å². The lowest BCUT2D eigenvalue weighted by molar-refractivity contribution is 0.142. The molecule has 0 unspecified atom stereocenters. The summed E-state index contributed by atoms with van der Waals surface area (Å²) in [6, 6.07) is 5.83. The van der Waals surface area contributed by atoms with Crippen molar-refractivity contribution in [3.63, 3.8) is 0 Å². The summed E-state index contributed by atoms with van der Waals surface area (Å²) in [6.07, 6.45) is -1.39. The van der Waals surface area contributed by atoms with E-state index >= 15 is 0 Å². The van der Waals surface area contributed by atoms with Crippen molar-refractivity contribution >= 4 is 17.1 Å². The summed E-state index contributed by atoms with van der Waals surface area (Å²) in [5.41, 5.74) is 2.63. The predicted octanol–water partition coefficient (Wildman–Crippen LogP) is 1.95. The molecule has 146 valence electrons. The molecule has 2 aromatic heterocycles. The molecule has 4 N–H and O–H groups in total. The van der Waals surface area contributed by atoms with Gasteiger partial charge in [-0.3, -0.25) is 4.79 Å². The average molecular weight is 385 g/mol. The number of aromatic amines is 1. The van der Waals surface area contributed by atoms with Gasteiger partial charge in [0.2, 0.25) is 5.75 Å². The quantitative estimate of drug-likeness (QED) is 0.508. The molecule has 0 saturated heterocycles. The maximum atomic E-state index is 12.3. The maximum absolute atomic E-state index is 12.3. The fourth-order valence-corrected chi connectivity index (χ4v) is 3.62. The number of nitrogens with zero attached hydrogens (tertiary/aromatic N) is 1. The highest BCUT2D eigenvalue weighted by molar-refractivity contribution is 5.90. The van der Waals surface area contributed by atoms with E-state index in [1.165, 1.54) is 0 Å². The van der Waals surface area contributed by atoms with Gasteiger partial charge in [0, 0.05) is 48.3 Å². The lowest BCUT2D eigenvalue weighted by Crippen LogP contribution is -2.17. The minimum absolute atomic E-state index is 0.255. The van der Waals surface area contributed by atoms with Crippen LogP contribution in [0.3, 0.4) is 0 Å². The van der Waals surface area contributed by atoms with Crippen LogP contribution in [0.2, 0.25) is 0 Å². The number of carboxylic acid groups (broad SMARTS) is 1. The van der Waals surface area contributed by atoms with E-state index in [0.29, 0.717) is 29.1 Å². The zero-order valence-corrected chi connectivity index (χ0v) is 15.3. The van der Waals surface area contributed by atoms with Crippen LogP contribution < -0.4 is 20.3 Å². The Hall–Kier alpha value is -3.46. The SMILES string of the molecule is CNCc1cc2cc3c(cc2n1C)OCCc1c-3[nH]c(=O)c(OC(=O)O)c1O. The molecule has 4 rings (SSSR count). The summed E-state index contributed by atoms with van der Waals surface area (Å²) < 4.78 is 12.4. The molecular formula is C19H19N3O6. The zero-order chi connectivity index (χ0) is 20.0. The molecule has 0 spiro atoms. The molecule has 1 aliphatic rings. The Morgan fingerprint density at radius 1 is 1.39 bits per heavy atom. The normalized spacial score (nSPS) is 12.8. The van der Waals surface area contributed by atoms with Crippen LogP contribution in [-0.4, -0.2) is 39.6 Å². The number of rotatable bonds is 3. The van der Waals surface area contributed by atoms with Crippen LogP contribution in [0.4, 0.5) is 4.79 Å². The number of nitrogens with one attached hydrogen (secondary N) is 2. The van der Waals surface area contributed by atoms with Crippen LogP contribution in [0.1, 0.15) is 11.3 Å². The van der Waals surface area contributed by atoms with E-state index in [2.05, 4.69) is 19.6 Å². The van der Waals surface area contributed by atoms with Crippen molar-refractivity contribution in [1.29, 1.82) is 0 Å². The molecule has 9 heteroatoms. The Morgan fingerprint density at radius 2 is 2.18 bits per heavy atom. The summed E-state index contributed by atoms with van der Waals surface area (Å²) in [6.45, 7) is 0.951. The fourth-order valence-electron chi connectivity index (χ4n) is 3.62. The first-order valence-corrected chi connectivity index (χ1v) is 8.69. The van der Waals surface area contributed by atoms with Crippen molar-refractivity contribution < 1.29 is 24.5 Å². The topological polar surface area (TPSA) is 126 Å². The number of hydrogen-bond donors (Lipinski definition) is 4. The number of pyridine rings is 1. The highest BCUT2D eigenvalue weighted by atomic mass is 16.7. The van der Waals surface area contributed by atoms with Gasteiger partial charge in [-0.05, 0) is 19.2 Å². The second-order valence-corrected chi connectivity index (χ2v) is 6.58. The van der Waals surface area contributed by atoms with Crippen molar-refractivity contribution in [3.05, 3.63) is 39.8 Å². The van der Waals surface area contributed by atoms with Gasteiger partial charge in [-0.1, -0.05) is 0 Å². The van der Waals surface area contributed by atoms with E-state index < -0.39 is 23.2 Å². The highest BCUT2D eigenvalue weighted by Crippen LogP contribution is 2.41. The molecule has 28 heavy (non-hydrogen) atoms. The molecule has 9 nitrogen and oxygen atoms in total. The molecular weight excluding hydrogens is 366 g/mol. The van der Waals surface area contributed by atoms with Gasteiger partial charge >= 0.3 is 6.16 Å². The molecule has 0 atom stereocenters. The van der Waals surface area contributed by atoms with Crippen molar-refractivity contribution in [2.45, 2.75) is 13.0 Å². The van der Waals surface area contributed by atoms with E-state index in [4.69, 9.17) is 9.84 Å². The van der Waals surface area contributed by atoms with Gasteiger partial charge in [0.15, 0.2) is 5.75 Å². The number of carbonyl (C=O) groups is 1. The summed E-state index contributed by atoms with van der Waals surface area (Å²) >= 11 is 0. The third kappa shape index (κ3) is 2.76. The number of H-pyrrole nitrogens is 1. The average Bonchev–Trinajstić information content (AvgIpc) is 2.83. The maximum Gasteiger partial charge on any atom is 0.511 e. The Balaban J connectivity index is 1.95. The highest BCUT2D eigenvalue weighted by Gasteiger charge is 2.26. The van der Waals surface area contributed by atoms with E-state index in [-0.39, 0.29) is 13.0 Å². The summed E-state index contributed by atoms with van der Waals surface area (Å²) in [5, 5.41) is 23.4. The molecule has 0 saturated carbocycles. The first-order chi connectivity index (χ1) is 13.4. The van der Waals surface area contributed by atoms with Gasteiger partial charge in [-0.15, -0.1) is 0 Å². The molecule has 0 aliphatic carbocycles. The molecule has 1 aromatic carbocycles. The third-order valence-corrected chi connectivity index (χ3v) is 4.92. The van der Waals surface area contributed by atoms with E-state index in [1.54, 1.807) is 0 Å². The lowest BCUT2D eigenvalue weighted by atomic mass is 10.0. The molecule has 3 aromatic rings. The number of benzene rings is 1. The van der Waals surface area contributed by atoms with Crippen molar-refractivity contribution in [2.75, 3.05) is 13.7 Å². The number of hydrogen-bond acceptors (Lipinski definition) is 6. The van der Waals surface area contributed by atoms with Gasteiger partial charge in [-0.2, -0.15) is 0 Å². The number of aryl methyl sites for hydroxylation is 1. The van der Waals surface area contributed by atoms with Gasteiger partial charge in [0.05, 0.1) is 17.8 Å². The monoisotopic (exact) mass is 385 g/mol. The van der Waals surface area contributed by atoms with Crippen LogP contribution in [0.5, 0.6) is 17.2 Å². The smallest absolute Gasteiger partial charge is 0.504 e. The number of aromatic nitrogens is 2. The number of aromatic hydroxyl groups is 1. The first-order valence-electron chi connectivity index (χ1n) is 8.69. The minimum Gasteiger partial charge on any atom is -0.504 e. The van der Waals surface area contributed by atoms with Gasteiger partial charge in [0.25, 0.3) is 5.56 Å². The fraction of sp³-hybridized carbons (Fsp3) is 0.263. The van der Waals surface area contributed by atoms with Crippen molar-refractivity contribution in [2.24, 2.45) is 7.05 Å². The molecule has 0 fully saturated rings. The largest absolute Gasteiger partial charge is 0.511 e. The Labute approximate surface area is 159 Å². The van der Waals surface area contributed by atoms with Crippen molar-refractivity contribution in [1.82, 2.24) is 14.9 Å². The second-order valence-electron chi connectivity index (χ2n) is 6.58. The standard InChI is InChI=1S/C19H19N3O6/c1-20-8-10-5-9-6-12-14(7-13(9)22(10)2)27-4-3-11-15(12)21-18(24)17(16(11)23)28-19(25)26/h5-7,20H,3-4,8H2,1-2H3,(H,25,26)(H2,21,23,24). The number of ether oxygens (including phenoxy) is 2. The lowest BCUT2D eigenvalue weighted by Gasteiger charge is -2.12. The Kier molecular flexibility index (Phi) is 4.23. The van der Waals surface area contributed by atoms with Crippen molar-refractivity contribution in [3.8, 4) is 28.5 Å². The van der Waals surface area contributed by atoms with Crippen LogP contribution in [-0.2, 0) is 20.0 Å². The van der Waals surface area contributed by atoms with Gasteiger partial charge < -0.3 is 34.6 Å². The zero-order valence-electron chi connectivity index (χ0n) is 15.3. The van der Waals surface area contributed by atoms with Crippen LogP contribution in [0.25, 0.3) is 22.2 Å². The van der Waals surface area contributed by atoms with Crippen LogP contribution >= 0.6 is 0 Å².